The summed E-state index contributed by atoms with van der Waals surface area (Å²) < 4.78 is 14.2. The van der Waals surface area contributed by atoms with Gasteiger partial charge in [0.15, 0.2) is 0 Å². The van der Waals surface area contributed by atoms with Gasteiger partial charge in [0, 0.05) is 6.07 Å². The molecule has 6 heteroatoms. The topological polar surface area (TPSA) is 64.0 Å². The molecular weight excluding hydrogens is 345 g/mol. The quantitative estimate of drug-likeness (QED) is 0.778. The lowest BCUT2D eigenvalue weighted by Crippen LogP contribution is -2.31. The van der Waals surface area contributed by atoms with E-state index < -0.39 is 5.82 Å². The Balaban J connectivity index is 1.59. The summed E-state index contributed by atoms with van der Waals surface area (Å²) in [4.78, 5) is 24.8. The van der Waals surface area contributed by atoms with Gasteiger partial charge in [-0.05, 0) is 61.2 Å². The molecule has 1 aliphatic rings. The molecule has 0 spiro atoms. The number of nitrogens with one attached hydrogen (secondary N) is 1. The first-order valence-electron chi connectivity index (χ1n) is 8.78. The molecule has 0 bridgehead atoms. The number of amides is 1. The molecule has 5 nitrogen and oxygen atoms in total. The lowest BCUT2D eigenvalue weighted by molar-refractivity contribution is 0.0930. The fraction of sp³-hybridized carbons (Fsp3) is 0.190. The van der Waals surface area contributed by atoms with Gasteiger partial charge < -0.3 is 5.32 Å². The number of aryl methyl sites for hydroxylation is 2. The van der Waals surface area contributed by atoms with E-state index in [9.17, 15) is 14.0 Å². The molecule has 1 atom stereocenters. The number of hydrogen-bond donors (Lipinski definition) is 1. The molecule has 2 aromatic carbocycles. The van der Waals surface area contributed by atoms with Crippen LogP contribution in [0.1, 0.15) is 39.6 Å². The van der Waals surface area contributed by atoms with Gasteiger partial charge in [-0.3, -0.25) is 9.59 Å². The van der Waals surface area contributed by atoms with Gasteiger partial charge in [0.05, 0.1) is 11.7 Å². The summed E-state index contributed by atoms with van der Waals surface area (Å²) in [6, 6.07) is 14.2. The van der Waals surface area contributed by atoms with Crippen molar-refractivity contribution < 1.29 is 9.18 Å². The first-order valence-corrected chi connectivity index (χ1v) is 8.78. The van der Waals surface area contributed by atoms with E-state index in [-0.39, 0.29) is 23.2 Å². The lowest BCUT2D eigenvalue weighted by Gasteiger charge is -2.14. The molecule has 0 aliphatic heterocycles. The van der Waals surface area contributed by atoms with Crippen molar-refractivity contribution in [3.8, 4) is 5.69 Å². The number of nitrogens with zero attached hydrogens (tertiary/aromatic N) is 2. The van der Waals surface area contributed by atoms with Crippen molar-refractivity contribution in [1.82, 2.24) is 15.1 Å². The second-order valence-corrected chi connectivity index (χ2v) is 6.71. The maximum Gasteiger partial charge on any atom is 0.272 e. The number of rotatable bonds is 3. The molecule has 0 fully saturated rings. The highest BCUT2D eigenvalue weighted by atomic mass is 19.1. The van der Waals surface area contributed by atoms with Gasteiger partial charge in [-0.2, -0.15) is 9.78 Å². The molecule has 1 heterocycles. The summed E-state index contributed by atoms with van der Waals surface area (Å²) in [7, 11) is 0. The van der Waals surface area contributed by atoms with Crippen LogP contribution in [0.5, 0.6) is 0 Å². The molecule has 0 saturated carbocycles. The van der Waals surface area contributed by atoms with Crippen LogP contribution >= 0.6 is 0 Å². The molecule has 3 aromatic rings. The fourth-order valence-electron chi connectivity index (χ4n) is 3.43. The predicted molar refractivity (Wildman–Crippen MR) is 99.5 cm³/mol. The molecule has 136 valence electrons. The smallest absolute Gasteiger partial charge is 0.272 e. The monoisotopic (exact) mass is 363 g/mol. The minimum absolute atomic E-state index is 0.0684. The van der Waals surface area contributed by atoms with Crippen molar-refractivity contribution >= 4 is 5.91 Å². The first kappa shape index (κ1) is 17.1. The van der Waals surface area contributed by atoms with E-state index in [0.29, 0.717) is 5.69 Å². The number of aromatic nitrogens is 2. The van der Waals surface area contributed by atoms with Gasteiger partial charge in [-0.1, -0.05) is 23.8 Å². The summed E-state index contributed by atoms with van der Waals surface area (Å²) in [5, 5.41) is 7.16. The zero-order valence-electron chi connectivity index (χ0n) is 14.8. The molecule has 0 radical (unpaired) electrons. The Bertz CT molecular complexity index is 1070. The second kappa shape index (κ2) is 6.79. The Morgan fingerprint density at radius 3 is 2.70 bits per heavy atom. The van der Waals surface area contributed by atoms with Gasteiger partial charge in [0.25, 0.3) is 11.5 Å². The van der Waals surface area contributed by atoms with E-state index in [1.54, 1.807) is 0 Å². The van der Waals surface area contributed by atoms with E-state index in [4.69, 9.17) is 0 Å². The Morgan fingerprint density at radius 1 is 1.15 bits per heavy atom. The number of hydrogen-bond acceptors (Lipinski definition) is 3. The van der Waals surface area contributed by atoms with E-state index in [2.05, 4.69) is 29.5 Å². The summed E-state index contributed by atoms with van der Waals surface area (Å²) in [5.41, 5.74) is 3.73. The van der Waals surface area contributed by atoms with Gasteiger partial charge in [0.1, 0.15) is 11.5 Å². The third-order valence-electron chi connectivity index (χ3n) is 4.79. The molecule has 0 saturated heterocycles. The third-order valence-corrected chi connectivity index (χ3v) is 4.79. The molecule has 27 heavy (non-hydrogen) atoms. The Kier molecular flexibility index (Phi) is 4.32. The molecule has 1 amide bonds. The maximum atomic E-state index is 13.1. The minimum Gasteiger partial charge on any atom is -0.344 e. The van der Waals surface area contributed by atoms with Crippen LogP contribution in [0.25, 0.3) is 5.69 Å². The van der Waals surface area contributed by atoms with Crippen molar-refractivity contribution in [2.75, 3.05) is 0 Å². The molecular formula is C21H18FN3O2. The summed E-state index contributed by atoms with van der Waals surface area (Å²) in [6.07, 6.45) is 1.76. The first-order chi connectivity index (χ1) is 13.0. The maximum absolute atomic E-state index is 13.1. The number of fused-ring (bicyclic) bond motifs is 1. The van der Waals surface area contributed by atoms with E-state index in [1.165, 1.54) is 47.5 Å². The van der Waals surface area contributed by atoms with Crippen molar-refractivity contribution in [1.29, 1.82) is 0 Å². The Morgan fingerprint density at radius 2 is 1.93 bits per heavy atom. The summed E-state index contributed by atoms with van der Waals surface area (Å²) >= 11 is 0. The summed E-state index contributed by atoms with van der Waals surface area (Å²) in [6.45, 7) is 2.05. The minimum atomic E-state index is -0.407. The zero-order chi connectivity index (χ0) is 19.0. The van der Waals surface area contributed by atoms with Gasteiger partial charge >= 0.3 is 0 Å². The van der Waals surface area contributed by atoms with Crippen LogP contribution in [0.4, 0.5) is 4.39 Å². The second-order valence-electron chi connectivity index (χ2n) is 6.71. The largest absolute Gasteiger partial charge is 0.344 e. The lowest BCUT2D eigenvalue weighted by atomic mass is 10.1. The van der Waals surface area contributed by atoms with Crippen LogP contribution < -0.4 is 10.9 Å². The SMILES string of the molecule is Cc1ccc2c(c1)CCC2NC(=O)c1ccc(=O)n(-c2ccc(F)cc2)n1. The average Bonchev–Trinajstić information content (AvgIpc) is 3.04. The van der Waals surface area contributed by atoms with Gasteiger partial charge in [-0.15, -0.1) is 0 Å². The van der Waals surface area contributed by atoms with E-state index in [0.717, 1.165) is 23.1 Å². The zero-order valence-corrected chi connectivity index (χ0v) is 14.8. The van der Waals surface area contributed by atoms with Crippen LogP contribution in [0.2, 0.25) is 0 Å². The highest BCUT2D eigenvalue weighted by Crippen LogP contribution is 2.31. The van der Waals surface area contributed by atoms with Crippen molar-refractivity contribution in [3.63, 3.8) is 0 Å². The van der Waals surface area contributed by atoms with Crippen LogP contribution in [0.3, 0.4) is 0 Å². The average molecular weight is 363 g/mol. The van der Waals surface area contributed by atoms with Crippen molar-refractivity contribution in [2.45, 2.75) is 25.8 Å². The van der Waals surface area contributed by atoms with Crippen molar-refractivity contribution in [3.05, 3.63) is 93.2 Å². The van der Waals surface area contributed by atoms with Gasteiger partial charge in [-0.25, -0.2) is 4.39 Å². The molecule has 4 rings (SSSR count). The van der Waals surface area contributed by atoms with Crippen LogP contribution in [0.15, 0.2) is 59.4 Å². The Hall–Kier alpha value is -3.28. The predicted octanol–water partition coefficient (Wildman–Crippen LogP) is 3.10. The molecule has 1 N–H and O–H groups in total. The highest BCUT2D eigenvalue weighted by molar-refractivity contribution is 5.92. The Labute approximate surface area is 155 Å². The molecule has 1 aliphatic carbocycles. The van der Waals surface area contributed by atoms with Crippen LogP contribution in [-0.4, -0.2) is 15.7 Å². The number of halogens is 1. The summed E-state index contributed by atoms with van der Waals surface area (Å²) in [5.74, 6) is -0.750. The molecule has 1 aromatic heterocycles. The molecule has 1 unspecified atom stereocenters. The number of carbonyl (C=O) groups is 1. The number of carbonyl (C=O) groups excluding carboxylic acids is 1. The normalized spacial score (nSPS) is 15.4. The van der Waals surface area contributed by atoms with E-state index >= 15 is 0 Å². The van der Waals surface area contributed by atoms with Crippen LogP contribution in [-0.2, 0) is 6.42 Å². The van der Waals surface area contributed by atoms with Gasteiger partial charge in [0.2, 0.25) is 0 Å². The standard InChI is InChI=1S/C21H18FN3O2/c1-13-2-8-17-14(12-13)3-9-18(17)23-21(27)19-10-11-20(26)25(24-19)16-6-4-15(22)5-7-16/h2,4-8,10-12,18H,3,9H2,1H3,(H,23,27). The van der Waals surface area contributed by atoms with Crippen molar-refractivity contribution in [2.24, 2.45) is 0 Å². The third kappa shape index (κ3) is 3.38. The van der Waals surface area contributed by atoms with E-state index in [1.807, 2.05) is 6.07 Å². The number of benzene rings is 2. The van der Waals surface area contributed by atoms with Crippen LogP contribution in [0, 0.1) is 12.7 Å². The fourth-order valence-corrected chi connectivity index (χ4v) is 3.43. The highest BCUT2D eigenvalue weighted by Gasteiger charge is 2.25.